The van der Waals surface area contributed by atoms with E-state index in [1.807, 2.05) is 14.1 Å². The highest BCUT2D eigenvalue weighted by molar-refractivity contribution is 6.21. The van der Waals surface area contributed by atoms with E-state index >= 15 is 0 Å². The normalized spacial score (nSPS) is 9.60. The third kappa shape index (κ3) is 4.25. The first-order valence-electron chi connectivity index (χ1n) is 1.51. The molecule has 0 spiro atoms. The second-order valence-corrected chi connectivity index (χ2v) is 1.40. The van der Waals surface area contributed by atoms with Gasteiger partial charge in [0, 0.05) is 14.1 Å². The molecule has 0 fully saturated rings. The minimum atomic E-state index is 1.15. The van der Waals surface area contributed by atoms with Crippen molar-refractivity contribution in [2.45, 2.75) is 0 Å². The molecule has 0 amide bonds. The molecule has 2 heteroatoms. The Morgan fingerprint density at radius 1 is 1.60 bits per heavy atom. The zero-order chi connectivity index (χ0) is 4.28. The minimum Gasteiger partial charge on any atom is -0.458 e. The highest BCUT2D eigenvalue weighted by Gasteiger charge is 1.64. The highest BCUT2D eigenvalue weighted by Crippen LogP contribution is 1.60. The molecule has 0 aliphatic carbocycles. The topological polar surface area (TPSA) is 4.44 Å². The Balaban J connectivity index is 2.54. The van der Waals surface area contributed by atoms with Crippen molar-refractivity contribution in [1.29, 1.82) is 0 Å². The van der Waals surface area contributed by atoms with Crippen molar-refractivity contribution in [3.63, 3.8) is 0 Å². The third-order valence-electron chi connectivity index (χ3n) is 0.218. The zero-order valence-electron chi connectivity index (χ0n) is 3.46. The summed E-state index contributed by atoms with van der Waals surface area (Å²) in [6.07, 6.45) is 0. The van der Waals surface area contributed by atoms with E-state index < -0.39 is 0 Å². The minimum absolute atomic E-state index is 1.15. The molecule has 0 saturated heterocycles. The van der Waals surface area contributed by atoms with Gasteiger partial charge in [-0.2, -0.15) is 0 Å². The first-order valence-corrected chi connectivity index (χ1v) is 1.94. The molecule has 0 atom stereocenters. The Hall–Kier alpha value is 0.250. The Bertz CT molecular complexity index is 20.9. The van der Waals surface area contributed by atoms with Crippen molar-refractivity contribution in [2.75, 3.05) is 14.1 Å². The monoisotopic (exact) mass is 93.0 g/mol. The van der Waals surface area contributed by atoms with Crippen molar-refractivity contribution in [3.8, 4) is 0 Å². The standard InChI is InChI=1S/C3H8ClN/c1-5(2)3-4/h3,5H,1-2H3. The fourth-order valence-electron chi connectivity index (χ4n) is 0. The largest absolute Gasteiger partial charge is 0.458 e. The molecule has 0 aliphatic heterocycles. The van der Waals surface area contributed by atoms with Crippen LogP contribution in [0.25, 0.3) is 0 Å². The van der Waals surface area contributed by atoms with Crippen LogP contribution in [-0.2, 0) is 0 Å². The van der Waals surface area contributed by atoms with Gasteiger partial charge < -0.3 is 4.90 Å². The van der Waals surface area contributed by atoms with E-state index in [2.05, 4.69) is 0 Å². The van der Waals surface area contributed by atoms with E-state index in [9.17, 15) is 0 Å². The molecular weight excluding hydrogens is 85.5 g/mol. The van der Waals surface area contributed by atoms with Gasteiger partial charge in [-0.05, 0) is 0 Å². The summed E-state index contributed by atoms with van der Waals surface area (Å²) in [5.41, 5.74) is 0. The molecule has 5 heavy (non-hydrogen) atoms. The second-order valence-electron chi connectivity index (χ2n) is 1.19. The zero-order valence-corrected chi connectivity index (χ0v) is 4.21. The van der Waals surface area contributed by atoms with Gasteiger partial charge in [-0.1, -0.05) is 6.00 Å². The lowest BCUT2D eigenvalue weighted by atomic mass is 11.0. The van der Waals surface area contributed by atoms with Crippen LogP contribution in [0.1, 0.15) is 0 Å². The Labute approximate surface area is 37.5 Å². The van der Waals surface area contributed by atoms with E-state index in [1.165, 1.54) is 0 Å². The number of halogens is 1. The fraction of sp³-hybridized carbons (Fsp3) is 0.667. The second kappa shape index (κ2) is 2.49. The summed E-state index contributed by atoms with van der Waals surface area (Å²) in [4.78, 5) is 1.15. The average molecular weight is 93.6 g/mol. The maximum Gasteiger partial charge on any atom is 0.0431 e. The van der Waals surface area contributed by atoms with Gasteiger partial charge in [0.1, 0.15) is 0 Å². The first-order chi connectivity index (χ1) is 2.27. The number of hydrogen-bond acceptors (Lipinski definition) is 0. The summed E-state index contributed by atoms with van der Waals surface area (Å²) in [6, 6.07) is 1.56. The van der Waals surface area contributed by atoms with Gasteiger partial charge in [-0.15, -0.1) is 0 Å². The summed E-state index contributed by atoms with van der Waals surface area (Å²) in [7, 11) is 3.90. The average Bonchev–Trinajstić information content (AvgIpc) is 1.38. The van der Waals surface area contributed by atoms with E-state index in [-0.39, 0.29) is 0 Å². The molecule has 0 unspecified atom stereocenters. The molecule has 1 nitrogen and oxygen atoms in total. The Morgan fingerprint density at radius 3 is 1.80 bits per heavy atom. The van der Waals surface area contributed by atoms with Crippen LogP contribution in [0, 0.1) is 6.00 Å². The summed E-state index contributed by atoms with van der Waals surface area (Å²) < 4.78 is 0. The lowest BCUT2D eigenvalue weighted by Crippen LogP contribution is -3.01. The molecule has 0 aromatic rings. The quantitative estimate of drug-likeness (QED) is 0.329. The lowest BCUT2D eigenvalue weighted by Gasteiger charge is -2.08. The fourth-order valence-corrected chi connectivity index (χ4v) is 0. The van der Waals surface area contributed by atoms with E-state index in [1.54, 1.807) is 6.00 Å². The van der Waals surface area contributed by atoms with Crippen LogP contribution < -0.4 is 4.90 Å². The summed E-state index contributed by atoms with van der Waals surface area (Å²) >= 11 is 5.17. The van der Waals surface area contributed by atoms with Crippen LogP contribution in [0.4, 0.5) is 0 Å². The predicted molar refractivity (Wildman–Crippen MR) is 23.0 cm³/mol. The van der Waals surface area contributed by atoms with Crippen LogP contribution >= 0.6 is 11.6 Å². The van der Waals surface area contributed by atoms with Gasteiger partial charge in [0.05, 0.1) is 0 Å². The van der Waals surface area contributed by atoms with E-state index in [0.717, 1.165) is 4.90 Å². The van der Waals surface area contributed by atoms with Gasteiger partial charge in [-0.25, -0.2) is 0 Å². The number of hydrogen-bond donors (Lipinski definition) is 1. The molecule has 0 aliphatic rings. The number of nitrogens with one attached hydrogen (secondary N) is 1. The molecule has 1 N–H and O–H groups in total. The first kappa shape index (κ1) is 5.25. The predicted octanol–water partition coefficient (Wildman–Crippen LogP) is -0.511. The maximum atomic E-state index is 5.17. The molecular formula is C3H8ClN. The Morgan fingerprint density at radius 2 is 1.80 bits per heavy atom. The maximum absolute atomic E-state index is 5.17. The number of quaternary nitrogens is 1. The van der Waals surface area contributed by atoms with Crippen molar-refractivity contribution in [3.05, 3.63) is 6.00 Å². The highest BCUT2D eigenvalue weighted by atomic mass is 35.5. The Kier molecular flexibility index (Phi) is 2.61. The van der Waals surface area contributed by atoms with Crippen molar-refractivity contribution in [1.82, 2.24) is 0 Å². The van der Waals surface area contributed by atoms with Gasteiger partial charge in [0.2, 0.25) is 0 Å². The molecule has 0 saturated carbocycles. The molecule has 0 bridgehead atoms. The molecule has 0 heterocycles. The molecule has 0 radical (unpaired) electrons. The SMILES string of the molecule is C[NH+](C)[CH-]Cl. The van der Waals surface area contributed by atoms with Gasteiger partial charge in [0.25, 0.3) is 0 Å². The molecule has 32 valence electrons. The van der Waals surface area contributed by atoms with Gasteiger partial charge in [-0.3, -0.25) is 11.6 Å². The van der Waals surface area contributed by atoms with Crippen LogP contribution in [0.15, 0.2) is 0 Å². The van der Waals surface area contributed by atoms with Crippen molar-refractivity contribution < 1.29 is 4.90 Å². The van der Waals surface area contributed by atoms with E-state index in [4.69, 9.17) is 11.6 Å². The number of rotatable bonds is 1. The van der Waals surface area contributed by atoms with Crippen LogP contribution in [-0.4, -0.2) is 14.1 Å². The molecule has 0 rings (SSSR count). The molecule has 0 aromatic carbocycles. The lowest BCUT2D eigenvalue weighted by molar-refractivity contribution is -0.816. The van der Waals surface area contributed by atoms with Crippen LogP contribution in [0.5, 0.6) is 0 Å². The third-order valence-corrected chi connectivity index (χ3v) is 0.655. The van der Waals surface area contributed by atoms with Gasteiger partial charge in [0.15, 0.2) is 0 Å². The van der Waals surface area contributed by atoms with Gasteiger partial charge >= 0.3 is 0 Å². The molecule has 0 aromatic heterocycles. The summed E-state index contributed by atoms with van der Waals surface area (Å²) in [5.74, 6) is 0. The van der Waals surface area contributed by atoms with E-state index in [0.29, 0.717) is 0 Å². The van der Waals surface area contributed by atoms with Crippen LogP contribution in [0.3, 0.4) is 0 Å². The van der Waals surface area contributed by atoms with Crippen molar-refractivity contribution >= 4 is 11.6 Å². The summed E-state index contributed by atoms with van der Waals surface area (Å²) in [6.45, 7) is 0. The van der Waals surface area contributed by atoms with Crippen LogP contribution in [0.2, 0.25) is 0 Å². The smallest absolute Gasteiger partial charge is 0.0431 e. The summed E-state index contributed by atoms with van der Waals surface area (Å²) in [5, 5.41) is 0. The van der Waals surface area contributed by atoms with Crippen molar-refractivity contribution in [2.24, 2.45) is 0 Å².